The Hall–Kier alpha value is -2.67. The van der Waals surface area contributed by atoms with Crippen molar-refractivity contribution >= 4 is 11.7 Å². The Morgan fingerprint density at radius 3 is 2.96 bits per heavy atom. The van der Waals surface area contributed by atoms with Crippen molar-refractivity contribution in [2.75, 3.05) is 32.5 Å². The first-order valence-electron chi connectivity index (χ1n) is 8.46. The Morgan fingerprint density at radius 1 is 1.38 bits per heavy atom. The van der Waals surface area contributed by atoms with Gasteiger partial charge in [0.1, 0.15) is 29.6 Å². The maximum atomic E-state index is 13.3. The van der Waals surface area contributed by atoms with Crippen molar-refractivity contribution in [2.24, 2.45) is 0 Å². The molecule has 1 fully saturated rings. The van der Waals surface area contributed by atoms with Crippen LogP contribution in [0.4, 0.5) is 10.2 Å². The van der Waals surface area contributed by atoms with Crippen LogP contribution in [0.15, 0.2) is 42.6 Å². The largest absolute Gasteiger partial charge is 0.490 e. The van der Waals surface area contributed by atoms with Crippen molar-refractivity contribution in [3.8, 4) is 5.75 Å². The van der Waals surface area contributed by atoms with Crippen LogP contribution in [0.25, 0.3) is 0 Å². The van der Waals surface area contributed by atoms with E-state index in [1.165, 1.54) is 12.1 Å². The Kier molecular flexibility index (Phi) is 5.37. The van der Waals surface area contributed by atoms with Gasteiger partial charge in [-0.05, 0) is 37.1 Å². The summed E-state index contributed by atoms with van der Waals surface area (Å²) in [6.45, 7) is 1.20. The molecule has 2 N–H and O–H groups in total. The molecule has 2 aromatic rings. The smallest absolute Gasteiger partial charge is 0.257 e. The van der Waals surface area contributed by atoms with Crippen molar-refractivity contribution in [3.05, 3.63) is 54.0 Å². The molecular formula is C19H22FN3O3. The lowest BCUT2D eigenvalue weighted by molar-refractivity contribution is -0.0825. The number of nitrogen functional groups attached to an aromatic ring is 1. The van der Waals surface area contributed by atoms with Gasteiger partial charge in [0.15, 0.2) is 0 Å². The maximum absolute atomic E-state index is 13.3. The van der Waals surface area contributed by atoms with Gasteiger partial charge in [0.2, 0.25) is 0 Å². The van der Waals surface area contributed by atoms with Gasteiger partial charge >= 0.3 is 0 Å². The molecule has 1 saturated heterocycles. The molecule has 1 aliphatic heterocycles. The number of anilines is 1. The molecule has 7 heteroatoms. The zero-order valence-electron chi connectivity index (χ0n) is 14.7. The van der Waals surface area contributed by atoms with Gasteiger partial charge in [-0.2, -0.15) is 0 Å². The number of rotatable bonds is 5. The topological polar surface area (TPSA) is 77.7 Å². The fourth-order valence-electron chi connectivity index (χ4n) is 3.16. The van der Waals surface area contributed by atoms with Crippen LogP contribution in [0.3, 0.4) is 0 Å². The van der Waals surface area contributed by atoms with Crippen molar-refractivity contribution in [3.63, 3.8) is 0 Å². The van der Waals surface area contributed by atoms with E-state index in [1.54, 1.807) is 42.5 Å². The van der Waals surface area contributed by atoms with Gasteiger partial charge in [0.25, 0.3) is 5.91 Å². The Morgan fingerprint density at radius 2 is 2.23 bits per heavy atom. The summed E-state index contributed by atoms with van der Waals surface area (Å²) in [5.74, 6) is 0.104. The molecule has 1 atom stereocenters. The van der Waals surface area contributed by atoms with Crippen molar-refractivity contribution < 1.29 is 18.7 Å². The summed E-state index contributed by atoms with van der Waals surface area (Å²) in [4.78, 5) is 18.5. The number of pyridine rings is 1. The van der Waals surface area contributed by atoms with Crippen LogP contribution >= 0.6 is 0 Å². The highest BCUT2D eigenvalue weighted by Crippen LogP contribution is 2.28. The van der Waals surface area contributed by atoms with E-state index in [1.807, 2.05) is 0 Å². The first-order valence-corrected chi connectivity index (χ1v) is 8.46. The van der Waals surface area contributed by atoms with Gasteiger partial charge in [0.05, 0.1) is 12.1 Å². The lowest BCUT2D eigenvalue weighted by Crippen LogP contribution is -2.54. The molecule has 0 aliphatic carbocycles. The maximum Gasteiger partial charge on any atom is 0.257 e. The molecule has 0 saturated carbocycles. The molecule has 3 rings (SSSR count). The molecule has 0 unspecified atom stereocenters. The number of carbonyl (C=O) groups is 1. The molecule has 1 aromatic heterocycles. The minimum absolute atomic E-state index is 0.178. The predicted molar refractivity (Wildman–Crippen MR) is 95.4 cm³/mol. The third kappa shape index (κ3) is 3.94. The number of hydrogen-bond acceptors (Lipinski definition) is 5. The van der Waals surface area contributed by atoms with Crippen LogP contribution in [0.1, 0.15) is 23.2 Å². The van der Waals surface area contributed by atoms with E-state index in [9.17, 15) is 9.18 Å². The number of benzene rings is 1. The van der Waals surface area contributed by atoms with Gasteiger partial charge < -0.3 is 20.1 Å². The normalized spacial score (nSPS) is 20.0. The molecule has 0 radical (unpaired) electrons. The average molecular weight is 359 g/mol. The van der Waals surface area contributed by atoms with E-state index in [0.29, 0.717) is 24.4 Å². The second-order valence-electron chi connectivity index (χ2n) is 6.40. The zero-order chi connectivity index (χ0) is 18.6. The van der Waals surface area contributed by atoms with Gasteiger partial charge in [0, 0.05) is 25.9 Å². The Labute approximate surface area is 151 Å². The fraction of sp³-hybridized carbons (Fsp3) is 0.368. The summed E-state index contributed by atoms with van der Waals surface area (Å²) < 4.78 is 24.8. The molecule has 26 heavy (non-hydrogen) atoms. The molecule has 1 aromatic carbocycles. The molecule has 0 bridgehead atoms. The summed E-state index contributed by atoms with van der Waals surface area (Å²) >= 11 is 0. The second kappa shape index (κ2) is 7.70. The third-order valence-corrected chi connectivity index (χ3v) is 4.63. The summed E-state index contributed by atoms with van der Waals surface area (Å²) in [6.07, 6.45) is 3.06. The molecule has 6 nitrogen and oxygen atoms in total. The number of amides is 1. The Balaban J connectivity index is 1.72. The first-order chi connectivity index (χ1) is 12.5. The van der Waals surface area contributed by atoms with Crippen molar-refractivity contribution in [2.45, 2.75) is 18.4 Å². The second-order valence-corrected chi connectivity index (χ2v) is 6.40. The van der Waals surface area contributed by atoms with Crippen LogP contribution in [0, 0.1) is 5.82 Å². The molecule has 1 aliphatic rings. The standard InChI is InChI=1S/C19H22FN3O3/c1-25-19(13-26-15-6-2-5-14(20)11-15)8-4-10-23(12-19)18(24)16-7-3-9-22-17(16)21/h2-3,5-7,9,11H,4,8,10,12-13H2,1H3,(H2,21,22)/t19-/m0/s1. The van der Waals surface area contributed by atoms with Crippen LogP contribution in [-0.2, 0) is 4.74 Å². The highest BCUT2D eigenvalue weighted by Gasteiger charge is 2.38. The van der Waals surface area contributed by atoms with Crippen LogP contribution in [0.2, 0.25) is 0 Å². The van der Waals surface area contributed by atoms with E-state index in [2.05, 4.69) is 4.98 Å². The molecule has 1 amide bonds. The highest BCUT2D eigenvalue weighted by molar-refractivity contribution is 5.98. The van der Waals surface area contributed by atoms with Crippen LogP contribution in [0.5, 0.6) is 5.75 Å². The minimum Gasteiger partial charge on any atom is -0.490 e. The molecule has 0 spiro atoms. The van der Waals surface area contributed by atoms with Gasteiger partial charge in [-0.3, -0.25) is 4.79 Å². The van der Waals surface area contributed by atoms with Gasteiger partial charge in [-0.1, -0.05) is 6.07 Å². The lowest BCUT2D eigenvalue weighted by Gasteiger charge is -2.41. The number of aromatic nitrogens is 1. The number of carbonyl (C=O) groups excluding carboxylic acids is 1. The third-order valence-electron chi connectivity index (χ3n) is 4.63. The zero-order valence-corrected chi connectivity index (χ0v) is 14.7. The Bertz CT molecular complexity index is 786. The monoisotopic (exact) mass is 359 g/mol. The summed E-state index contributed by atoms with van der Waals surface area (Å²) in [7, 11) is 1.60. The van der Waals surface area contributed by atoms with Crippen LogP contribution in [-0.4, -0.2) is 48.2 Å². The highest BCUT2D eigenvalue weighted by atomic mass is 19.1. The number of ether oxygens (including phenoxy) is 2. The SMILES string of the molecule is CO[C@@]1(COc2cccc(F)c2)CCCN(C(=O)c2cccnc2N)C1. The quantitative estimate of drug-likeness (QED) is 0.887. The summed E-state index contributed by atoms with van der Waals surface area (Å²) in [5.41, 5.74) is 5.55. The van der Waals surface area contributed by atoms with Gasteiger partial charge in [-0.25, -0.2) is 9.37 Å². The summed E-state index contributed by atoms with van der Waals surface area (Å²) in [6, 6.07) is 9.31. The number of likely N-dealkylation sites (tertiary alicyclic amines) is 1. The van der Waals surface area contributed by atoms with E-state index >= 15 is 0 Å². The van der Waals surface area contributed by atoms with Crippen LogP contribution < -0.4 is 10.5 Å². The summed E-state index contributed by atoms with van der Waals surface area (Å²) in [5, 5.41) is 0. The van der Waals surface area contributed by atoms with E-state index in [-0.39, 0.29) is 24.1 Å². The number of nitrogens with two attached hydrogens (primary N) is 1. The first kappa shape index (κ1) is 18.1. The minimum atomic E-state index is -0.656. The van der Waals surface area contributed by atoms with E-state index in [0.717, 1.165) is 12.8 Å². The molecule has 138 valence electrons. The number of nitrogens with zero attached hydrogens (tertiary/aromatic N) is 2. The molecule has 2 heterocycles. The fourth-order valence-corrected chi connectivity index (χ4v) is 3.16. The molecular weight excluding hydrogens is 337 g/mol. The van der Waals surface area contributed by atoms with E-state index in [4.69, 9.17) is 15.2 Å². The number of piperidine rings is 1. The number of halogens is 1. The van der Waals surface area contributed by atoms with Crippen molar-refractivity contribution in [1.82, 2.24) is 9.88 Å². The number of methoxy groups -OCH3 is 1. The predicted octanol–water partition coefficient (Wildman–Crippen LogP) is 2.50. The van der Waals surface area contributed by atoms with E-state index < -0.39 is 5.60 Å². The average Bonchev–Trinajstić information content (AvgIpc) is 2.66. The lowest BCUT2D eigenvalue weighted by atomic mass is 9.92. The van der Waals surface area contributed by atoms with Gasteiger partial charge in [-0.15, -0.1) is 0 Å². The number of hydrogen-bond donors (Lipinski definition) is 1. The van der Waals surface area contributed by atoms with Crippen molar-refractivity contribution in [1.29, 1.82) is 0 Å².